The number of aromatic nitrogens is 5. The molecule has 0 unspecified atom stereocenters. The van der Waals surface area contributed by atoms with Gasteiger partial charge in [0.25, 0.3) is 0 Å². The van der Waals surface area contributed by atoms with Gasteiger partial charge in [-0.05, 0) is 217 Å². The average molecular weight is 2070 g/mol. The zero-order valence-corrected chi connectivity index (χ0v) is 90.5. The smallest absolute Gasteiger partial charge is 0.0568 e. The van der Waals surface area contributed by atoms with Crippen molar-refractivity contribution in [3.8, 4) is 66.8 Å². The first kappa shape index (κ1) is 93.6. The van der Waals surface area contributed by atoms with Crippen LogP contribution in [0.5, 0.6) is 0 Å². The van der Waals surface area contributed by atoms with Gasteiger partial charge in [0.15, 0.2) is 0 Å². The van der Waals surface area contributed by atoms with Crippen molar-refractivity contribution in [2.75, 3.05) is 0 Å². The summed E-state index contributed by atoms with van der Waals surface area (Å²) in [7, 11) is 10.8. The number of fused-ring (bicyclic) bond motifs is 28. The van der Waals surface area contributed by atoms with Crippen LogP contribution in [0.3, 0.4) is 0 Å². The molecule has 0 bridgehead atoms. The number of hydrogen-bond acceptors (Lipinski definition) is 0. The van der Waals surface area contributed by atoms with E-state index in [-0.39, 0.29) is 104 Å². The number of aryl methyl sites for hydroxylation is 7. The molecule has 679 valence electrons. The zero-order valence-electron chi connectivity index (χ0n) is 82.0. The summed E-state index contributed by atoms with van der Waals surface area (Å²) in [6, 6.07) is 167. The summed E-state index contributed by atoms with van der Waals surface area (Å²) in [5.74, 6) is 0. The van der Waals surface area contributed by atoms with Gasteiger partial charge < -0.3 is 22.8 Å². The summed E-state index contributed by atoms with van der Waals surface area (Å²) in [5, 5.41) is 33.9. The van der Waals surface area contributed by atoms with Gasteiger partial charge in [0.05, 0.1) is 11.0 Å². The Bertz CT molecular complexity index is 10200. The molecule has 0 amide bonds. The minimum atomic E-state index is -0.0157. The van der Waals surface area contributed by atoms with Crippen LogP contribution in [0, 0.1) is 32.0 Å². The van der Waals surface area contributed by atoms with Crippen LogP contribution in [0.25, 0.3) is 262 Å². The van der Waals surface area contributed by atoms with E-state index < -0.39 is 0 Å². The van der Waals surface area contributed by atoms with Crippen molar-refractivity contribution in [3.05, 3.63) is 471 Å². The van der Waals surface area contributed by atoms with Gasteiger partial charge in [-0.15, -0.1) is 57.6 Å². The molecule has 24 aromatic carbocycles. The van der Waals surface area contributed by atoms with Gasteiger partial charge in [-0.25, -0.2) is 0 Å². The van der Waals surface area contributed by atoms with Crippen LogP contribution >= 0.6 is 0 Å². The molecule has 0 spiro atoms. The minimum Gasteiger partial charge on any atom is -0.367 e. The molecule has 30 rings (SSSR count). The maximum absolute atomic E-state index is 3.43. The Morgan fingerprint density at radius 3 is 1.10 bits per heavy atom. The molecule has 0 fully saturated rings. The molecule has 5 heterocycles. The largest absolute Gasteiger partial charge is 0.367 e. The summed E-state index contributed by atoms with van der Waals surface area (Å²) < 4.78 is 11.5. The van der Waals surface area contributed by atoms with Gasteiger partial charge in [0, 0.05) is 226 Å². The Hall–Kier alpha value is -14.1. The van der Waals surface area contributed by atoms with Gasteiger partial charge in [-0.2, -0.15) is 42.5 Å². The maximum atomic E-state index is 3.43. The van der Waals surface area contributed by atoms with Crippen molar-refractivity contribution < 1.29 is 98.1 Å². The summed E-state index contributed by atoms with van der Waals surface area (Å²) in [4.78, 5) is 0. The van der Waals surface area contributed by atoms with E-state index in [1.807, 2.05) is 18.2 Å². The molecule has 0 aliphatic heterocycles. The predicted molar refractivity (Wildman–Crippen MR) is 604 cm³/mol. The van der Waals surface area contributed by atoms with E-state index in [1.165, 1.54) is 284 Å². The second kappa shape index (κ2) is 37.6. The fourth-order valence-corrected chi connectivity index (χ4v) is 23.6. The Morgan fingerprint density at radius 2 is 0.556 bits per heavy atom. The molecule has 0 atom stereocenters. The van der Waals surface area contributed by atoms with Crippen LogP contribution < -0.4 is 0 Å². The predicted octanol–water partition coefficient (Wildman–Crippen LogP) is 36.0. The van der Waals surface area contributed by atoms with Crippen molar-refractivity contribution >= 4 is 195 Å². The molecular weight excluding hydrogens is 1970 g/mol. The molecule has 1 aliphatic carbocycles. The van der Waals surface area contributed by atoms with E-state index in [1.54, 1.807) is 0 Å². The van der Waals surface area contributed by atoms with Crippen LogP contribution in [0.15, 0.2) is 431 Å². The van der Waals surface area contributed by atoms with Crippen LogP contribution in [0.1, 0.15) is 36.1 Å². The van der Waals surface area contributed by atoms with Crippen LogP contribution in [0.2, 0.25) is 0 Å². The Kier molecular flexibility index (Phi) is 24.4. The summed E-state index contributed by atoms with van der Waals surface area (Å²) in [6.07, 6.45) is 0. The van der Waals surface area contributed by atoms with Gasteiger partial charge >= 0.3 is 0 Å². The first-order chi connectivity index (χ1) is 69.1. The number of hydrogen-bond donors (Lipinski definition) is 0. The van der Waals surface area contributed by atoms with Gasteiger partial charge in [-0.1, -0.05) is 345 Å². The number of rotatable bonds is 5. The topological polar surface area (TPSA) is 24.6 Å². The van der Waals surface area contributed by atoms with Crippen LogP contribution in [0.4, 0.5) is 0 Å². The van der Waals surface area contributed by atoms with Crippen LogP contribution in [-0.4, -0.2) is 22.8 Å². The molecule has 5 nitrogen and oxygen atoms in total. The van der Waals surface area contributed by atoms with E-state index in [0.29, 0.717) is 0 Å². The number of benzene rings is 24. The number of para-hydroxylation sites is 2. The molecule has 3 radical (unpaired) electrons. The SMILES string of the molecule is Cc1ccc(-c2ccc(-c3ccc4c(ccc5c6ccccc6n(C)c45)c3)cc2)cc1.Cc1ccc(-c2ccc3c(ccc4c5ccccc5n(C)c34)c2)cc1.Cn1c2cc[c-]cc2c2c3ccccc3ccc21.Cn1c2ccc(-c3ccc4c(c3)C(C)(C)c3c[c-]ccc3-4)cc2c2c3ccccc3ccc21.Cn1c2ccc(-c3ccc4ccc5[c-]ccc6ccc3c4c56)cc2c2c3ccccc3ccc21.[Y].[Y].[Y]. The Balaban J connectivity index is 0.000000101. The average Bonchev–Trinajstić information content (AvgIpc) is 1.67. The Labute approximate surface area is 912 Å². The molecule has 1 aliphatic rings. The van der Waals surface area contributed by atoms with E-state index in [2.05, 4.69) is 516 Å². The molecular formula is C136H98N5Y3-3. The normalized spacial score (nSPS) is 12.1. The van der Waals surface area contributed by atoms with Crippen molar-refractivity contribution in [2.45, 2.75) is 33.1 Å². The molecule has 144 heavy (non-hydrogen) atoms. The fourth-order valence-electron chi connectivity index (χ4n) is 23.6. The minimum absolute atomic E-state index is 0. The van der Waals surface area contributed by atoms with E-state index in [4.69, 9.17) is 0 Å². The second-order valence-electron chi connectivity index (χ2n) is 39.1. The zero-order chi connectivity index (χ0) is 94.7. The third-order valence-electron chi connectivity index (χ3n) is 30.9. The van der Waals surface area contributed by atoms with Crippen molar-refractivity contribution in [3.63, 3.8) is 0 Å². The van der Waals surface area contributed by atoms with E-state index in [0.717, 1.165) is 0 Å². The second-order valence-corrected chi connectivity index (χ2v) is 39.1. The fraction of sp³-hybridized carbons (Fsp3) is 0.0735. The third-order valence-corrected chi connectivity index (χ3v) is 30.9. The monoisotopic (exact) mass is 2070 g/mol. The van der Waals surface area contributed by atoms with Gasteiger partial charge in [0.2, 0.25) is 0 Å². The molecule has 0 saturated heterocycles. The molecule has 29 aromatic rings. The summed E-state index contributed by atoms with van der Waals surface area (Å²) in [5.41, 5.74) is 33.5. The molecule has 5 aromatic heterocycles. The van der Waals surface area contributed by atoms with E-state index >= 15 is 0 Å². The quantitative estimate of drug-likeness (QED) is 0.121. The van der Waals surface area contributed by atoms with Gasteiger partial charge in [-0.3, -0.25) is 0 Å². The number of nitrogens with zero attached hydrogens (tertiary/aromatic N) is 5. The maximum Gasteiger partial charge on any atom is 0.0568 e. The van der Waals surface area contributed by atoms with Gasteiger partial charge in [0.1, 0.15) is 0 Å². The molecule has 8 heteroatoms. The van der Waals surface area contributed by atoms with Crippen molar-refractivity contribution in [1.82, 2.24) is 22.8 Å². The first-order valence-corrected chi connectivity index (χ1v) is 48.9. The van der Waals surface area contributed by atoms with Crippen molar-refractivity contribution in [1.29, 1.82) is 0 Å². The molecule has 0 N–H and O–H groups in total. The van der Waals surface area contributed by atoms with Crippen molar-refractivity contribution in [2.24, 2.45) is 35.2 Å². The molecule has 0 saturated carbocycles. The van der Waals surface area contributed by atoms with E-state index in [9.17, 15) is 0 Å². The summed E-state index contributed by atoms with van der Waals surface area (Å²) >= 11 is 0. The summed E-state index contributed by atoms with van der Waals surface area (Å²) in [6.45, 7) is 8.91. The Morgan fingerprint density at radius 1 is 0.201 bits per heavy atom. The van der Waals surface area contributed by atoms with Crippen LogP contribution in [-0.2, 0) is 139 Å². The standard InChI is InChI=1S/C33H20N.C32H24N.C30H23N.C24H19N.C17H12N.3Y/c1-34-29-17-14-24(19-28(29)33-26-8-3-2-5-20(26)13-18-30(33)34)25-15-11-23-10-9-21-6-4-7-22-12-16-27(25)32(23)31(21)22;1-32(2)27-11-7-6-10-24(27)25-15-12-22(19-28(25)32)21-14-16-29-26(18-21)31-23-9-5-4-8-20(23)13-17-30(31)33(29)3;1-20-7-9-21(10-8-20)22-11-13-23(14-12-22)24-15-17-26-25(19-24)16-18-28-27-5-3-4-6-29(27)31(2)30(26)28;1-16-7-9-17(10-8-16)18-11-13-20-19(15-18)12-14-22-21-5-3-4-6-23(21)25(2)24(20)22;1-18-15-9-5-4-8-14(15)17-13-7-3-2-6-12(13)10-11-16(17)18;;;/h2-5,7-19H,1H3;4-6,8-19H,1-3H3;3-19H,1-2H3;3-15H,1-2H3;2-3,5-11H,1H3;;;/q2*-1;;;-1;;;. The third kappa shape index (κ3) is 15.6. The first-order valence-electron chi connectivity index (χ1n) is 48.9.